The highest BCUT2D eigenvalue weighted by atomic mass is 16.6. The van der Waals surface area contributed by atoms with Crippen LogP contribution in [0.1, 0.15) is 40.0 Å². The van der Waals surface area contributed by atoms with Gasteiger partial charge in [0.2, 0.25) is 0 Å². The monoisotopic (exact) mass is 269 g/mol. The van der Waals surface area contributed by atoms with Crippen LogP contribution in [0, 0.1) is 0 Å². The van der Waals surface area contributed by atoms with Gasteiger partial charge in [-0.25, -0.2) is 4.79 Å². The molecule has 2 unspecified atom stereocenters. The van der Waals surface area contributed by atoms with Crippen LogP contribution in [-0.2, 0) is 4.74 Å². The summed E-state index contributed by atoms with van der Waals surface area (Å²) < 4.78 is 5.31. The number of carbonyl (C=O) groups excluding carboxylic acids is 1. The molecule has 1 saturated heterocycles. The highest BCUT2D eigenvalue weighted by molar-refractivity contribution is 5.68. The summed E-state index contributed by atoms with van der Waals surface area (Å²) in [6.45, 7) is 10.1. The van der Waals surface area contributed by atoms with Crippen LogP contribution >= 0.6 is 0 Å². The van der Waals surface area contributed by atoms with E-state index in [2.05, 4.69) is 15.5 Å². The highest BCUT2D eigenvalue weighted by Gasteiger charge is 2.31. The first kappa shape index (κ1) is 14.6. The summed E-state index contributed by atoms with van der Waals surface area (Å²) in [5.41, 5.74) is -0.416. The summed E-state index contributed by atoms with van der Waals surface area (Å²) in [5.74, 6) is 0. The minimum absolute atomic E-state index is 0.273. The van der Waals surface area contributed by atoms with Crippen LogP contribution in [0.15, 0.2) is 0 Å². The lowest BCUT2D eigenvalue weighted by Gasteiger charge is -2.32. The van der Waals surface area contributed by atoms with Gasteiger partial charge >= 0.3 is 6.09 Å². The van der Waals surface area contributed by atoms with E-state index >= 15 is 0 Å². The van der Waals surface area contributed by atoms with Crippen molar-refractivity contribution in [3.05, 3.63) is 0 Å². The van der Waals surface area contributed by atoms with Crippen molar-refractivity contribution in [1.82, 2.24) is 15.5 Å². The van der Waals surface area contributed by atoms with Crippen molar-refractivity contribution in [2.24, 2.45) is 0 Å². The molecule has 110 valence electrons. The van der Waals surface area contributed by atoms with Gasteiger partial charge in [0.05, 0.1) is 0 Å². The summed E-state index contributed by atoms with van der Waals surface area (Å²) in [7, 11) is 0. The third-order valence-electron chi connectivity index (χ3n) is 3.79. The van der Waals surface area contributed by atoms with Gasteiger partial charge in [0.1, 0.15) is 5.60 Å². The summed E-state index contributed by atoms with van der Waals surface area (Å²) in [5, 5.41) is 6.38. The molecule has 0 spiro atoms. The fourth-order valence-electron chi connectivity index (χ4n) is 2.94. The lowest BCUT2D eigenvalue weighted by Crippen LogP contribution is -2.48. The number of carbonyl (C=O) groups is 1. The molecule has 0 radical (unpaired) electrons. The predicted octanol–water partition coefficient (Wildman–Crippen LogP) is 1.34. The number of rotatable bonds is 2. The number of ether oxygens (including phenoxy) is 1. The van der Waals surface area contributed by atoms with Crippen molar-refractivity contribution >= 4 is 6.09 Å². The first-order valence-corrected chi connectivity index (χ1v) is 7.38. The van der Waals surface area contributed by atoms with Crippen LogP contribution in [0.3, 0.4) is 0 Å². The van der Waals surface area contributed by atoms with Crippen molar-refractivity contribution in [1.29, 1.82) is 0 Å². The molecule has 5 heteroatoms. The SMILES string of the molecule is CC(C)(C)OC(=O)NC1CCC(N2CCNCC2)C1. The molecular formula is C14H27N3O2. The topological polar surface area (TPSA) is 53.6 Å². The van der Waals surface area contributed by atoms with E-state index < -0.39 is 5.60 Å². The van der Waals surface area contributed by atoms with Crippen LogP contribution < -0.4 is 10.6 Å². The molecule has 0 aromatic carbocycles. The smallest absolute Gasteiger partial charge is 0.407 e. The Morgan fingerprint density at radius 3 is 2.58 bits per heavy atom. The molecule has 1 heterocycles. The van der Waals surface area contributed by atoms with Crippen LogP contribution in [-0.4, -0.2) is 54.9 Å². The van der Waals surface area contributed by atoms with Gasteiger partial charge in [0.15, 0.2) is 0 Å². The number of hydrogen-bond acceptors (Lipinski definition) is 4. The number of alkyl carbamates (subject to hydrolysis) is 1. The zero-order valence-corrected chi connectivity index (χ0v) is 12.4. The van der Waals surface area contributed by atoms with Gasteiger partial charge in [0.25, 0.3) is 0 Å². The molecule has 1 aliphatic heterocycles. The first-order valence-electron chi connectivity index (χ1n) is 7.38. The van der Waals surface area contributed by atoms with Gasteiger partial charge in [-0.05, 0) is 40.0 Å². The Kier molecular flexibility index (Phi) is 4.68. The summed E-state index contributed by atoms with van der Waals surface area (Å²) in [6, 6.07) is 0.900. The van der Waals surface area contributed by atoms with Crippen LogP contribution in [0.4, 0.5) is 4.79 Å². The molecule has 0 aromatic rings. The van der Waals surface area contributed by atoms with Crippen molar-refractivity contribution in [3.8, 4) is 0 Å². The average molecular weight is 269 g/mol. The maximum atomic E-state index is 11.7. The molecule has 0 bridgehead atoms. The third-order valence-corrected chi connectivity index (χ3v) is 3.79. The Labute approximate surface area is 116 Å². The molecule has 5 nitrogen and oxygen atoms in total. The Morgan fingerprint density at radius 1 is 1.26 bits per heavy atom. The molecule has 2 atom stereocenters. The lowest BCUT2D eigenvalue weighted by molar-refractivity contribution is 0.0503. The van der Waals surface area contributed by atoms with E-state index in [1.807, 2.05) is 20.8 Å². The van der Waals surface area contributed by atoms with E-state index in [1.54, 1.807) is 0 Å². The standard InChI is InChI=1S/C14H27N3O2/c1-14(2,3)19-13(18)16-11-4-5-12(10-11)17-8-6-15-7-9-17/h11-12,15H,4-10H2,1-3H3,(H,16,18). The molecule has 19 heavy (non-hydrogen) atoms. The Hall–Kier alpha value is -0.810. The third kappa shape index (κ3) is 4.66. The lowest BCUT2D eigenvalue weighted by atomic mass is 10.2. The molecule has 1 saturated carbocycles. The molecule has 2 fully saturated rings. The molecule has 2 rings (SSSR count). The van der Waals surface area contributed by atoms with Crippen molar-refractivity contribution in [2.45, 2.75) is 57.7 Å². The van der Waals surface area contributed by atoms with Gasteiger partial charge in [-0.3, -0.25) is 4.90 Å². The average Bonchev–Trinajstić information content (AvgIpc) is 2.76. The predicted molar refractivity (Wildman–Crippen MR) is 75.2 cm³/mol. The maximum absolute atomic E-state index is 11.7. The van der Waals surface area contributed by atoms with Crippen molar-refractivity contribution in [2.75, 3.05) is 26.2 Å². The second-order valence-corrected chi connectivity index (χ2v) is 6.60. The second-order valence-electron chi connectivity index (χ2n) is 6.60. The largest absolute Gasteiger partial charge is 0.444 e. The molecular weight excluding hydrogens is 242 g/mol. The number of nitrogens with one attached hydrogen (secondary N) is 2. The number of hydrogen-bond donors (Lipinski definition) is 2. The van der Waals surface area contributed by atoms with Crippen LogP contribution in [0.25, 0.3) is 0 Å². The summed E-state index contributed by atoms with van der Waals surface area (Å²) in [4.78, 5) is 14.3. The minimum atomic E-state index is -0.416. The second kappa shape index (κ2) is 6.09. The molecule has 2 N–H and O–H groups in total. The zero-order chi connectivity index (χ0) is 13.9. The minimum Gasteiger partial charge on any atom is -0.444 e. The maximum Gasteiger partial charge on any atom is 0.407 e. The Balaban J connectivity index is 1.74. The summed E-state index contributed by atoms with van der Waals surface area (Å²) >= 11 is 0. The highest BCUT2D eigenvalue weighted by Crippen LogP contribution is 2.24. The fourth-order valence-corrected chi connectivity index (χ4v) is 2.94. The van der Waals surface area contributed by atoms with Gasteiger partial charge in [-0.2, -0.15) is 0 Å². The quantitative estimate of drug-likeness (QED) is 0.794. The molecule has 2 aliphatic rings. The van der Waals surface area contributed by atoms with E-state index in [-0.39, 0.29) is 12.1 Å². The zero-order valence-electron chi connectivity index (χ0n) is 12.4. The van der Waals surface area contributed by atoms with Gasteiger partial charge in [-0.1, -0.05) is 0 Å². The fraction of sp³-hybridized carbons (Fsp3) is 0.929. The molecule has 1 amide bonds. The van der Waals surface area contributed by atoms with E-state index in [0.717, 1.165) is 39.0 Å². The van der Waals surface area contributed by atoms with E-state index in [1.165, 1.54) is 6.42 Å². The number of nitrogens with zero attached hydrogens (tertiary/aromatic N) is 1. The van der Waals surface area contributed by atoms with E-state index in [0.29, 0.717) is 6.04 Å². The van der Waals surface area contributed by atoms with Crippen LogP contribution in [0.2, 0.25) is 0 Å². The van der Waals surface area contributed by atoms with Crippen molar-refractivity contribution in [3.63, 3.8) is 0 Å². The van der Waals surface area contributed by atoms with Gasteiger partial charge < -0.3 is 15.4 Å². The van der Waals surface area contributed by atoms with Gasteiger partial charge in [0, 0.05) is 38.3 Å². The van der Waals surface area contributed by atoms with E-state index in [9.17, 15) is 4.79 Å². The Bertz CT molecular complexity index is 308. The number of amides is 1. The summed E-state index contributed by atoms with van der Waals surface area (Å²) in [6.07, 6.45) is 3.02. The first-order chi connectivity index (χ1) is 8.94. The molecule has 1 aliphatic carbocycles. The van der Waals surface area contributed by atoms with E-state index in [4.69, 9.17) is 4.74 Å². The normalized spacial score (nSPS) is 29.2. The van der Waals surface area contributed by atoms with Crippen molar-refractivity contribution < 1.29 is 9.53 Å². The van der Waals surface area contributed by atoms with Crippen LogP contribution in [0.5, 0.6) is 0 Å². The molecule has 0 aromatic heterocycles. The Morgan fingerprint density at radius 2 is 1.95 bits per heavy atom. The van der Waals surface area contributed by atoms with Gasteiger partial charge in [-0.15, -0.1) is 0 Å². The number of piperazine rings is 1.